The summed E-state index contributed by atoms with van der Waals surface area (Å²) in [5, 5.41) is 17.2. The summed E-state index contributed by atoms with van der Waals surface area (Å²) < 4.78 is 0. The van der Waals surface area contributed by atoms with E-state index in [4.69, 9.17) is 15.9 Å². The van der Waals surface area contributed by atoms with Gasteiger partial charge in [0.2, 0.25) is 0 Å². The van der Waals surface area contributed by atoms with Gasteiger partial charge in [-0.1, -0.05) is 0 Å². The molecule has 0 radical (unpaired) electrons. The van der Waals surface area contributed by atoms with E-state index in [0.29, 0.717) is 18.7 Å². The van der Waals surface area contributed by atoms with Crippen LogP contribution in [0.5, 0.6) is 0 Å². The number of hydrogen-bond acceptors (Lipinski definition) is 3. The van der Waals surface area contributed by atoms with E-state index in [9.17, 15) is 9.59 Å². The van der Waals surface area contributed by atoms with Crippen molar-refractivity contribution in [3.8, 4) is 0 Å². The molecule has 6 heteroatoms. The SMILES string of the molecule is CC(N)=NCC(CCCC(=O)O)C(=O)O. The Kier molecular flexibility index (Phi) is 6.08. The largest absolute Gasteiger partial charge is 0.481 e. The fraction of sp³-hybridized carbons (Fsp3) is 0.667. The van der Waals surface area contributed by atoms with Crippen LogP contribution in [0.2, 0.25) is 0 Å². The minimum absolute atomic E-state index is 0.0187. The number of aliphatic carboxylic acids is 2. The average Bonchev–Trinajstić information content (AvgIpc) is 2.09. The highest BCUT2D eigenvalue weighted by atomic mass is 16.4. The first-order chi connectivity index (χ1) is 6.93. The number of hydrogen-bond donors (Lipinski definition) is 3. The monoisotopic (exact) mass is 216 g/mol. The zero-order valence-electron chi connectivity index (χ0n) is 8.64. The Morgan fingerprint density at radius 2 is 2.00 bits per heavy atom. The lowest BCUT2D eigenvalue weighted by molar-refractivity contribution is -0.142. The van der Waals surface area contributed by atoms with Crippen molar-refractivity contribution >= 4 is 17.8 Å². The Morgan fingerprint density at radius 1 is 1.40 bits per heavy atom. The van der Waals surface area contributed by atoms with Crippen LogP contribution in [0.15, 0.2) is 4.99 Å². The van der Waals surface area contributed by atoms with Crippen molar-refractivity contribution in [2.24, 2.45) is 16.6 Å². The first kappa shape index (κ1) is 13.4. The van der Waals surface area contributed by atoms with Gasteiger partial charge in [0.1, 0.15) is 0 Å². The van der Waals surface area contributed by atoms with E-state index in [0.717, 1.165) is 0 Å². The molecule has 0 spiro atoms. The Bertz CT molecular complexity index is 259. The third-order valence-corrected chi connectivity index (χ3v) is 1.85. The van der Waals surface area contributed by atoms with Crippen LogP contribution in [-0.4, -0.2) is 34.5 Å². The summed E-state index contributed by atoms with van der Waals surface area (Å²) in [5.74, 6) is -2.20. The van der Waals surface area contributed by atoms with Gasteiger partial charge < -0.3 is 15.9 Å². The highest BCUT2D eigenvalue weighted by Gasteiger charge is 2.16. The summed E-state index contributed by atoms with van der Waals surface area (Å²) in [4.78, 5) is 24.8. The molecule has 1 unspecified atom stereocenters. The van der Waals surface area contributed by atoms with Crippen LogP contribution in [0.4, 0.5) is 0 Å². The van der Waals surface area contributed by atoms with Crippen molar-refractivity contribution in [2.75, 3.05) is 6.54 Å². The van der Waals surface area contributed by atoms with Crippen molar-refractivity contribution in [3.63, 3.8) is 0 Å². The molecule has 0 aliphatic rings. The van der Waals surface area contributed by atoms with E-state index in [1.807, 2.05) is 0 Å². The Hall–Kier alpha value is -1.59. The number of nitrogens with two attached hydrogens (primary N) is 1. The summed E-state index contributed by atoms with van der Waals surface area (Å²) in [5.41, 5.74) is 5.28. The number of nitrogens with zero attached hydrogens (tertiary/aromatic N) is 1. The van der Waals surface area contributed by atoms with Crippen LogP contribution >= 0.6 is 0 Å². The van der Waals surface area contributed by atoms with Crippen molar-refractivity contribution in [3.05, 3.63) is 0 Å². The van der Waals surface area contributed by atoms with Crippen LogP contribution in [0.25, 0.3) is 0 Å². The highest BCUT2D eigenvalue weighted by Crippen LogP contribution is 2.09. The number of aliphatic imine (C=N–C) groups is 1. The van der Waals surface area contributed by atoms with Gasteiger partial charge in [-0.05, 0) is 19.8 Å². The van der Waals surface area contributed by atoms with Crippen LogP contribution in [0.3, 0.4) is 0 Å². The molecule has 0 amide bonds. The van der Waals surface area contributed by atoms with Crippen LogP contribution in [0.1, 0.15) is 26.2 Å². The van der Waals surface area contributed by atoms with Crippen molar-refractivity contribution < 1.29 is 19.8 Å². The van der Waals surface area contributed by atoms with E-state index in [1.165, 1.54) is 0 Å². The molecule has 0 heterocycles. The van der Waals surface area contributed by atoms with Crippen LogP contribution < -0.4 is 5.73 Å². The smallest absolute Gasteiger partial charge is 0.308 e. The molecule has 0 aliphatic carbocycles. The van der Waals surface area contributed by atoms with E-state index in [-0.39, 0.29) is 13.0 Å². The minimum Gasteiger partial charge on any atom is -0.481 e. The van der Waals surface area contributed by atoms with E-state index in [1.54, 1.807) is 6.92 Å². The first-order valence-corrected chi connectivity index (χ1v) is 4.64. The van der Waals surface area contributed by atoms with Gasteiger partial charge in [0.25, 0.3) is 0 Å². The Morgan fingerprint density at radius 3 is 2.40 bits per heavy atom. The molecule has 0 bridgehead atoms. The Balaban J connectivity index is 4.00. The minimum atomic E-state index is -0.967. The molecule has 0 saturated heterocycles. The summed E-state index contributed by atoms with van der Waals surface area (Å²) in [6.45, 7) is 1.69. The highest BCUT2D eigenvalue weighted by molar-refractivity contribution is 5.78. The van der Waals surface area contributed by atoms with Gasteiger partial charge in [-0.25, -0.2) is 0 Å². The fourth-order valence-electron chi connectivity index (χ4n) is 1.05. The molecule has 6 nitrogen and oxygen atoms in total. The third-order valence-electron chi connectivity index (χ3n) is 1.85. The quantitative estimate of drug-likeness (QED) is 0.419. The van der Waals surface area contributed by atoms with Gasteiger partial charge in [0.05, 0.1) is 18.3 Å². The second-order valence-corrected chi connectivity index (χ2v) is 3.30. The van der Waals surface area contributed by atoms with Gasteiger partial charge in [-0.3, -0.25) is 14.6 Å². The lowest BCUT2D eigenvalue weighted by atomic mass is 10.0. The molecule has 1 atom stereocenters. The maximum Gasteiger partial charge on any atom is 0.308 e. The molecule has 0 rings (SSSR count). The maximum atomic E-state index is 10.7. The maximum absolute atomic E-state index is 10.7. The molecule has 4 N–H and O–H groups in total. The molecule has 0 aromatic rings. The van der Waals surface area contributed by atoms with E-state index in [2.05, 4.69) is 4.99 Å². The first-order valence-electron chi connectivity index (χ1n) is 4.64. The van der Waals surface area contributed by atoms with Gasteiger partial charge in [0, 0.05) is 6.42 Å². The lowest BCUT2D eigenvalue weighted by Gasteiger charge is -2.08. The zero-order chi connectivity index (χ0) is 11.8. The Labute approximate surface area is 87.8 Å². The van der Waals surface area contributed by atoms with Crippen LogP contribution in [-0.2, 0) is 9.59 Å². The van der Waals surface area contributed by atoms with Gasteiger partial charge in [-0.15, -0.1) is 0 Å². The number of carbonyl (C=O) groups is 2. The molecule has 0 saturated carbocycles. The second-order valence-electron chi connectivity index (χ2n) is 3.30. The molecule has 86 valence electrons. The molecule has 0 fully saturated rings. The predicted octanol–water partition coefficient (Wildman–Crippen LogP) is 0.319. The predicted molar refractivity (Wildman–Crippen MR) is 54.8 cm³/mol. The van der Waals surface area contributed by atoms with Gasteiger partial charge >= 0.3 is 11.9 Å². The van der Waals surface area contributed by atoms with Gasteiger partial charge in [0.15, 0.2) is 0 Å². The number of carboxylic acid groups (broad SMARTS) is 2. The van der Waals surface area contributed by atoms with E-state index >= 15 is 0 Å². The molecule has 0 aromatic heterocycles. The van der Waals surface area contributed by atoms with Crippen molar-refractivity contribution in [1.29, 1.82) is 0 Å². The summed E-state index contributed by atoms with van der Waals surface area (Å²) in [6, 6.07) is 0. The zero-order valence-corrected chi connectivity index (χ0v) is 8.64. The number of amidine groups is 1. The molecular weight excluding hydrogens is 200 g/mol. The van der Waals surface area contributed by atoms with Gasteiger partial charge in [-0.2, -0.15) is 0 Å². The molecule has 0 aliphatic heterocycles. The van der Waals surface area contributed by atoms with Crippen LogP contribution in [0, 0.1) is 5.92 Å². The fourth-order valence-corrected chi connectivity index (χ4v) is 1.05. The number of rotatable bonds is 7. The van der Waals surface area contributed by atoms with Crippen molar-refractivity contribution in [1.82, 2.24) is 0 Å². The molecule has 15 heavy (non-hydrogen) atoms. The molecule has 0 aromatic carbocycles. The second kappa shape index (κ2) is 6.80. The van der Waals surface area contributed by atoms with E-state index < -0.39 is 17.9 Å². The summed E-state index contributed by atoms with van der Waals surface area (Å²) in [7, 11) is 0. The average molecular weight is 216 g/mol. The number of carboxylic acids is 2. The molecular formula is C9H16N2O4. The third kappa shape index (κ3) is 7.48. The summed E-state index contributed by atoms with van der Waals surface area (Å²) in [6.07, 6.45) is 0.624. The topological polar surface area (TPSA) is 113 Å². The normalized spacial score (nSPS) is 13.5. The van der Waals surface area contributed by atoms with Crippen molar-refractivity contribution in [2.45, 2.75) is 26.2 Å². The standard InChI is InChI=1S/C9H16N2O4/c1-6(10)11-5-7(9(14)15)3-2-4-8(12)13/h7H,2-5H2,1H3,(H2,10,11)(H,12,13)(H,14,15). The lowest BCUT2D eigenvalue weighted by Crippen LogP contribution is -2.19. The summed E-state index contributed by atoms with van der Waals surface area (Å²) >= 11 is 0.